The zero-order valence-corrected chi connectivity index (χ0v) is 28.9. The van der Waals surface area contributed by atoms with Crippen LogP contribution in [0.25, 0.3) is 33.6 Å². The lowest BCUT2D eigenvalue weighted by molar-refractivity contribution is -0.131. The van der Waals surface area contributed by atoms with Crippen molar-refractivity contribution in [2.45, 2.75) is 50.9 Å². The van der Waals surface area contributed by atoms with Gasteiger partial charge < -0.3 is 25.2 Å². The van der Waals surface area contributed by atoms with Crippen LogP contribution in [0.1, 0.15) is 36.8 Å². The van der Waals surface area contributed by atoms with Gasteiger partial charge in [0.1, 0.15) is 11.6 Å². The molecule has 7 rings (SSSR count). The fraction of sp³-hybridized carbons (Fsp3) is 0.378. The van der Waals surface area contributed by atoms with E-state index in [0.717, 1.165) is 37.9 Å². The molecule has 3 N–H and O–H groups in total. The van der Waals surface area contributed by atoms with E-state index in [1.807, 2.05) is 30.3 Å². The molecule has 2 aliphatic heterocycles. The van der Waals surface area contributed by atoms with E-state index < -0.39 is 5.82 Å². The van der Waals surface area contributed by atoms with Gasteiger partial charge in [0.15, 0.2) is 0 Å². The summed E-state index contributed by atoms with van der Waals surface area (Å²) in [6.07, 6.45) is 4.43. The van der Waals surface area contributed by atoms with Crippen LogP contribution in [0.15, 0.2) is 54.7 Å². The highest BCUT2D eigenvalue weighted by Crippen LogP contribution is 2.49. The number of methoxy groups -OCH3 is 2. The van der Waals surface area contributed by atoms with Gasteiger partial charge in [0.2, 0.25) is 11.8 Å². The van der Waals surface area contributed by atoms with Crippen molar-refractivity contribution in [2.75, 3.05) is 33.9 Å². The summed E-state index contributed by atoms with van der Waals surface area (Å²) < 4.78 is 27.0. The Kier molecular flexibility index (Phi) is 9.51. The molecule has 3 aliphatic rings. The molecule has 1 amide bonds. The van der Waals surface area contributed by atoms with Gasteiger partial charge in [-0.05, 0) is 43.5 Å². The van der Waals surface area contributed by atoms with Crippen LogP contribution < -0.4 is 20.1 Å². The van der Waals surface area contributed by atoms with Crippen LogP contribution in [-0.2, 0) is 17.9 Å². The third kappa shape index (κ3) is 6.72. The minimum absolute atomic E-state index is 0.0877. The molecule has 1 aliphatic carbocycles. The Labute approximate surface area is 294 Å². The number of nitrogens with one attached hydrogen (secondary N) is 2. The first-order chi connectivity index (χ1) is 23.7. The van der Waals surface area contributed by atoms with Crippen LogP contribution in [0.3, 0.4) is 0 Å². The Morgan fingerprint density at radius 2 is 1.84 bits per heavy atom. The molecule has 4 heterocycles. The maximum absolute atomic E-state index is 15.7. The Bertz CT molecular complexity index is 1900. The minimum atomic E-state index is -0.392. The van der Waals surface area contributed by atoms with Crippen LogP contribution in [0, 0.1) is 11.2 Å². The average Bonchev–Trinajstić information content (AvgIpc) is 3.48. The van der Waals surface area contributed by atoms with Crippen LogP contribution in [0.4, 0.5) is 4.39 Å². The van der Waals surface area contributed by atoms with E-state index in [1.54, 1.807) is 25.4 Å². The Morgan fingerprint density at radius 1 is 1.06 bits per heavy atom. The molecule has 2 aromatic heterocycles. The molecule has 1 saturated carbocycles. The summed E-state index contributed by atoms with van der Waals surface area (Å²) in [6.45, 7) is 3.30. The van der Waals surface area contributed by atoms with Crippen LogP contribution in [-0.4, -0.2) is 71.9 Å². The van der Waals surface area contributed by atoms with Crippen molar-refractivity contribution in [2.24, 2.45) is 5.41 Å². The Hall–Kier alpha value is -3.80. The summed E-state index contributed by atoms with van der Waals surface area (Å²) in [7, 11) is 3.11. The van der Waals surface area contributed by atoms with Gasteiger partial charge >= 0.3 is 0 Å². The van der Waals surface area contributed by atoms with Crippen molar-refractivity contribution in [3.63, 3.8) is 0 Å². The van der Waals surface area contributed by atoms with Crippen molar-refractivity contribution in [3.05, 3.63) is 81.7 Å². The van der Waals surface area contributed by atoms with Gasteiger partial charge in [-0.2, -0.15) is 0 Å². The maximum Gasteiger partial charge on any atom is 0.220 e. The molecular formula is C37H38Cl2FN5O4. The van der Waals surface area contributed by atoms with Gasteiger partial charge in [0.05, 0.1) is 41.8 Å². The highest BCUT2D eigenvalue weighted by Gasteiger charge is 2.51. The largest absolute Gasteiger partial charge is 0.496 e. The molecule has 49 heavy (non-hydrogen) atoms. The number of hydrogen-bond acceptors (Lipinski definition) is 8. The number of benzene rings is 2. The number of pyridine rings is 2. The predicted octanol–water partition coefficient (Wildman–Crippen LogP) is 6.27. The van der Waals surface area contributed by atoms with E-state index in [2.05, 4.69) is 20.5 Å². The number of aliphatic hydroxyl groups excluding tert-OH is 1. The number of aliphatic hydroxyl groups is 1. The van der Waals surface area contributed by atoms with E-state index in [0.29, 0.717) is 86.9 Å². The predicted molar refractivity (Wildman–Crippen MR) is 187 cm³/mol. The van der Waals surface area contributed by atoms with Crippen molar-refractivity contribution in [3.8, 4) is 45.3 Å². The molecule has 0 bridgehead atoms. The second kappa shape index (κ2) is 13.8. The molecule has 3 fully saturated rings. The highest BCUT2D eigenvalue weighted by atomic mass is 35.5. The number of halogens is 3. The summed E-state index contributed by atoms with van der Waals surface area (Å²) >= 11 is 14.1. The zero-order chi connectivity index (χ0) is 34.3. The van der Waals surface area contributed by atoms with E-state index in [4.69, 9.17) is 37.7 Å². The lowest BCUT2D eigenvalue weighted by Crippen LogP contribution is -2.63. The first-order valence-electron chi connectivity index (χ1n) is 16.4. The van der Waals surface area contributed by atoms with Crippen LogP contribution in [0.2, 0.25) is 10.0 Å². The Balaban J connectivity index is 1.12. The Morgan fingerprint density at radius 3 is 2.55 bits per heavy atom. The molecule has 256 valence electrons. The van der Waals surface area contributed by atoms with Gasteiger partial charge in [-0.15, -0.1) is 0 Å². The number of carbonyl (C=O) groups is 1. The number of amides is 1. The molecule has 1 atom stereocenters. The van der Waals surface area contributed by atoms with Gasteiger partial charge in [-0.3, -0.25) is 14.7 Å². The van der Waals surface area contributed by atoms with Crippen LogP contribution >= 0.6 is 23.2 Å². The molecule has 2 aromatic carbocycles. The first kappa shape index (κ1) is 33.7. The van der Waals surface area contributed by atoms with E-state index >= 15 is 4.39 Å². The van der Waals surface area contributed by atoms with Gasteiger partial charge in [-0.25, -0.2) is 9.37 Å². The molecule has 0 radical (unpaired) electrons. The summed E-state index contributed by atoms with van der Waals surface area (Å²) in [5, 5.41) is 16.8. The summed E-state index contributed by atoms with van der Waals surface area (Å²) in [5.74, 6) is 0.596. The smallest absolute Gasteiger partial charge is 0.220 e. The van der Waals surface area contributed by atoms with E-state index in [-0.39, 0.29) is 23.5 Å². The normalized spacial score (nSPS) is 18.7. The van der Waals surface area contributed by atoms with Crippen molar-refractivity contribution in [1.29, 1.82) is 0 Å². The number of carbonyl (C=O) groups excluding carboxylic acids is 1. The number of aromatic nitrogens is 2. The van der Waals surface area contributed by atoms with Crippen molar-refractivity contribution < 1.29 is 23.8 Å². The lowest BCUT2D eigenvalue weighted by atomic mass is 9.62. The minimum Gasteiger partial charge on any atom is -0.496 e. The highest BCUT2D eigenvalue weighted by molar-refractivity contribution is 6.39. The fourth-order valence-corrected chi connectivity index (χ4v) is 8.10. The fourth-order valence-electron chi connectivity index (χ4n) is 7.45. The summed E-state index contributed by atoms with van der Waals surface area (Å²) in [6, 6.07) is 14.6. The quantitative estimate of drug-likeness (QED) is 0.168. The van der Waals surface area contributed by atoms with Gasteiger partial charge in [-0.1, -0.05) is 47.5 Å². The monoisotopic (exact) mass is 705 g/mol. The molecule has 2 saturated heterocycles. The standard InChI is InChI=1S/C37H38Cl2FN5O4/c1-48-31-13-22(12-29(40)28(31)18-45-19-37(20-45)14-24(46)15-37)35-34(39)26(10-11-42-35)25-4-3-5-27(33(25)38)30-8-6-21(36(44-30)49-2)16-41-17-23-7-9-32(47)43-23/h3-6,8,10-13,23-24,41,46H,7,9,14-20H2,1-2H3,(H,43,47)/t23-/m0/s1. The zero-order valence-electron chi connectivity index (χ0n) is 27.4. The molecule has 1 spiro atoms. The second-order valence-electron chi connectivity index (χ2n) is 13.3. The van der Waals surface area contributed by atoms with E-state index in [1.165, 1.54) is 13.2 Å². The van der Waals surface area contributed by atoms with Crippen LogP contribution in [0.5, 0.6) is 11.6 Å². The third-order valence-electron chi connectivity index (χ3n) is 9.86. The molecule has 4 aromatic rings. The average molecular weight is 707 g/mol. The van der Waals surface area contributed by atoms with Crippen molar-refractivity contribution >= 4 is 29.1 Å². The topological polar surface area (TPSA) is 109 Å². The van der Waals surface area contributed by atoms with Crippen molar-refractivity contribution in [1.82, 2.24) is 25.5 Å². The first-order valence-corrected chi connectivity index (χ1v) is 17.2. The number of likely N-dealkylation sites (tertiary alicyclic amines) is 1. The number of ether oxygens (including phenoxy) is 2. The second-order valence-corrected chi connectivity index (χ2v) is 14.1. The SMILES string of the molecule is COc1cc(-c2nccc(-c3cccc(-c4ccc(CNC[C@@H]5CCC(=O)N5)c(OC)n4)c3Cl)c2Cl)cc(F)c1CN1CC2(CC(O)C2)C1. The number of nitrogens with zero attached hydrogens (tertiary/aromatic N) is 3. The number of hydrogen-bond donors (Lipinski definition) is 3. The number of rotatable bonds is 11. The molecular weight excluding hydrogens is 668 g/mol. The summed E-state index contributed by atoms with van der Waals surface area (Å²) in [4.78, 5) is 23.0. The summed E-state index contributed by atoms with van der Waals surface area (Å²) in [5.41, 5.74) is 5.08. The van der Waals surface area contributed by atoms with E-state index in [9.17, 15) is 9.90 Å². The third-order valence-corrected chi connectivity index (χ3v) is 10.7. The van der Waals surface area contributed by atoms with Gasteiger partial charge in [0.25, 0.3) is 0 Å². The lowest BCUT2D eigenvalue weighted by Gasteiger charge is -2.58. The maximum atomic E-state index is 15.7. The molecule has 0 unspecified atom stereocenters. The molecule has 9 nitrogen and oxygen atoms in total. The molecule has 12 heteroatoms. The van der Waals surface area contributed by atoms with Gasteiger partial charge in [0, 0.05) is 90.2 Å².